The molecule has 3 heterocycles. The number of furan rings is 2. The van der Waals surface area contributed by atoms with Crippen molar-refractivity contribution < 1.29 is 8.83 Å². The summed E-state index contributed by atoms with van der Waals surface area (Å²) < 4.78 is 12.2. The second kappa shape index (κ2) is 7.83. The summed E-state index contributed by atoms with van der Waals surface area (Å²) in [6.07, 6.45) is 14.3. The van der Waals surface area contributed by atoms with E-state index in [4.69, 9.17) is 13.8 Å². The van der Waals surface area contributed by atoms with Crippen LogP contribution in [-0.2, 0) is 12.8 Å². The van der Waals surface area contributed by atoms with Crippen molar-refractivity contribution >= 4 is 22.1 Å². The molecule has 3 nitrogen and oxygen atoms in total. The van der Waals surface area contributed by atoms with Crippen LogP contribution in [0.25, 0.3) is 33.4 Å². The second-order valence-corrected chi connectivity index (χ2v) is 7.99. The molecule has 0 bridgehead atoms. The predicted molar refractivity (Wildman–Crippen MR) is 114 cm³/mol. The molecule has 144 valence electrons. The third-order valence-corrected chi connectivity index (χ3v) is 6.05. The van der Waals surface area contributed by atoms with Crippen LogP contribution < -0.4 is 0 Å². The van der Waals surface area contributed by atoms with Crippen LogP contribution in [0.4, 0.5) is 0 Å². The van der Waals surface area contributed by atoms with Gasteiger partial charge in [-0.15, -0.1) is 0 Å². The maximum atomic E-state index is 6.32. The lowest BCUT2D eigenvalue weighted by Gasteiger charge is -2.15. The Balaban J connectivity index is 1.74. The summed E-state index contributed by atoms with van der Waals surface area (Å²) in [6, 6.07) is 12.2. The molecule has 0 aliphatic heterocycles. The third-order valence-electron chi connectivity index (χ3n) is 6.05. The standard InChI is InChI=1S/C25H27NO2/c1-2-4-6-8-14-20-18(12-7-5-3-1)23(22-16-11-17-27-22)25-24(26-20)19-13-9-10-15-21(19)28-25/h9-11,13,15-17H,1-8,12,14H2. The molecule has 4 aromatic rings. The highest BCUT2D eigenvalue weighted by Gasteiger charge is 2.22. The second-order valence-electron chi connectivity index (χ2n) is 7.99. The molecule has 1 aliphatic rings. The summed E-state index contributed by atoms with van der Waals surface area (Å²) in [5.41, 5.74) is 6.46. The number of rotatable bonds is 1. The summed E-state index contributed by atoms with van der Waals surface area (Å²) in [7, 11) is 0. The van der Waals surface area contributed by atoms with Gasteiger partial charge in [-0.05, 0) is 55.5 Å². The van der Waals surface area contributed by atoms with Crippen LogP contribution in [0.15, 0.2) is 51.5 Å². The van der Waals surface area contributed by atoms with Crippen LogP contribution in [-0.4, -0.2) is 4.98 Å². The van der Waals surface area contributed by atoms with E-state index in [1.807, 2.05) is 18.2 Å². The Kier molecular flexibility index (Phi) is 4.90. The van der Waals surface area contributed by atoms with E-state index in [-0.39, 0.29) is 0 Å². The molecule has 0 spiro atoms. The van der Waals surface area contributed by atoms with Gasteiger partial charge < -0.3 is 8.83 Å². The fourth-order valence-electron chi connectivity index (χ4n) is 4.61. The number of nitrogens with zero attached hydrogens (tertiary/aromatic N) is 1. The molecule has 0 saturated carbocycles. The van der Waals surface area contributed by atoms with E-state index < -0.39 is 0 Å². The van der Waals surface area contributed by atoms with Crippen LogP contribution in [0.3, 0.4) is 0 Å². The van der Waals surface area contributed by atoms with Gasteiger partial charge in [0.05, 0.1) is 11.8 Å². The first-order valence-electron chi connectivity index (χ1n) is 10.8. The van der Waals surface area contributed by atoms with Crippen LogP contribution in [0.5, 0.6) is 0 Å². The van der Waals surface area contributed by atoms with Crippen LogP contribution in [0.2, 0.25) is 0 Å². The van der Waals surface area contributed by atoms with Gasteiger partial charge in [-0.3, -0.25) is 0 Å². The quantitative estimate of drug-likeness (QED) is 0.347. The summed E-state index contributed by atoms with van der Waals surface area (Å²) in [5.74, 6) is 0.898. The monoisotopic (exact) mass is 373 g/mol. The zero-order valence-corrected chi connectivity index (χ0v) is 16.4. The molecule has 0 fully saturated rings. The predicted octanol–water partition coefficient (Wildman–Crippen LogP) is 7.46. The summed E-state index contributed by atoms with van der Waals surface area (Å²) in [4.78, 5) is 5.17. The van der Waals surface area contributed by atoms with Gasteiger partial charge in [0.15, 0.2) is 5.58 Å². The average molecular weight is 373 g/mol. The normalized spacial score (nSPS) is 16.6. The Morgan fingerprint density at radius 2 is 1.50 bits per heavy atom. The molecule has 0 unspecified atom stereocenters. The highest BCUT2D eigenvalue weighted by molar-refractivity contribution is 6.07. The Hall–Kier alpha value is -2.55. The lowest BCUT2D eigenvalue weighted by Crippen LogP contribution is -2.03. The number of pyridine rings is 1. The van der Waals surface area contributed by atoms with E-state index in [1.54, 1.807) is 6.26 Å². The van der Waals surface area contributed by atoms with Gasteiger partial charge in [0, 0.05) is 11.1 Å². The lowest BCUT2D eigenvalue weighted by molar-refractivity contribution is 0.555. The van der Waals surface area contributed by atoms with E-state index in [9.17, 15) is 0 Å². The minimum atomic E-state index is 0.877. The number of hydrogen-bond acceptors (Lipinski definition) is 3. The van der Waals surface area contributed by atoms with E-state index in [0.717, 1.165) is 46.2 Å². The number of fused-ring (bicyclic) bond motifs is 4. The zero-order valence-electron chi connectivity index (χ0n) is 16.4. The molecular formula is C25H27NO2. The smallest absolute Gasteiger partial charge is 0.165 e. The molecule has 5 rings (SSSR count). The molecule has 0 N–H and O–H groups in total. The maximum Gasteiger partial charge on any atom is 0.165 e. The molecule has 1 aliphatic carbocycles. The topological polar surface area (TPSA) is 39.2 Å². The van der Waals surface area contributed by atoms with Gasteiger partial charge in [-0.1, -0.05) is 50.7 Å². The molecule has 0 amide bonds. The summed E-state index contributed by atoms with van der Waals surface area (Å²) in [6.45, 7) is 0. The maximum absolute atomic E-state index is 6.32. The van der Waals surface area contributed by atoms with Gasteiger partial charge in [0.1, 0.15) is 16.9 Å². The van der Waals surface area contributed by atoms with Crippen molar-refractivity contribution in [3.63, 3.8) is 0 Å². The fraction of sp³-hybridized carbons (Fsp3) is 0.400. The number of benzene rings is 1. The summed E-state index contributed by atoms with van der Waals surface area (Å²) >= 11 is 0. The molecular weight excluding hydrogens is 346 g/mol. The minimum absolute atomic E-state index is 0.877. The minimum Gasteiger partial charge on any atom is -0.464 e. The van der Waals surface area contributed by atoms with Crippen LogP contribution in [0.1, 0.15) is 62.6 Å². The molecule has 3 aromatic heterocycles. The molecule has 0 radical (unpaired) electrons. The van der Waals surface area contributed by atoms with Crippen LogP contribution in [0, 0.1) is 0 Å². The first-order valence-corrected chi connectivity index (χ1v) is 10.8. The molecule has 3 heteroatoms. The van der Waals surface area contributed by atoms with Gasteiger partial charge in [-0.25, -0.2) is 4.98 Å². The van der Waals surface area contributed by atoms with Gasteiger partial charge >= 0.3 is 0 Å². The zero-order chi connectivity index (χ0) is 18.8. The first kappa shape index (κ1) is 17.5. The van der Waals surface area contributed by atoms with Crippen LogP contribution >= 0.6 is 0 Å². The first-order chi connectivity index (χ1) is 13.9. The summed E-state index contributed by atoms with van der Waals surface area (Å²) in [5, 5.41) is 1.10. The highest BCUT2D eigenvalue weighted by Crippen LogP contribution is 2.39. The number of para-hydroxylation sites is 1. The van der Waals surface area contributed by atoms with Gasteiger partial charge in [-0.2, -0.15) is 0 Å². The van der Waals surface area contributed by atoms with Crippen molar-refractivity contribution in [1.29, 1.82) is 0 Å². The molecule has 0 atom stereocenters. The third kappa shape index (κ3) is 3.23. The van der Waals surface area contributed by atoms with Crippen molar-refractivity contribution in [2.24, 2.45) is 0 Å². The van der Waals surface area contributed by atoms with Gasteiger partial charge in [0.25, 0.3) is 0 Å². The highest BCUT2D eigenvalue weighted by atomic mass is 16.3. The largest absolute Gasteiger partial charge is 0.464 e. The fourth-order valence-corrected chi connectivity index (χ4v) is 4.61. The molecule has 1 aromatic carbocycles. The SMILES string of the molecule is c1coc(-c2c3c(nc4c2oc2ccccc24)CCCCCCCCCC3)c1. The van der Waals surface area contributed by atoms with E-state index >= 15 is 0 Å². The average Bonchev–Trinajstić information content (AvgIpc) is 3.35. The molecule has 0 saturated heterocycles. The van der Waals surface area contributed by atoms with Crippen molar-refractivity contribution in [3.05, 3.63) is 53.9 Å². The Labute approximate surface area is 165 Å². The van der Waals surface area contributed by atoms with Crippen molar-refractivity contribution in [1.82, 2.24) is 4.98 Å². The van der Waals surface area contributed by atoms with Crippen molar-refractivity contribution in [3.8, 4) is 11.3 Å². The van der Waals surface area contributed by atoms with E-state index in [0.29, 0.717) is 0 Å². The van der Waals surface area contributed by atoms with E-state index in [2.05, 4.69) is 18.2 Å². The molecule has 28 heavy (non-hydrogen) atoms. The lowest BCUT2D eigenvalue weighted by atomic mass is 9.93. The van der Waals surface area contributed by atoms with Crippen molar-refractivity contribution in [2.45, 2.75) is 64.2 Å². The number of aryl methyl sites for hydroxylation is 1. The Bertz CT molecular complexity index is 1080. The Morgan fingerprint density at radius 1 is 0.750 bits per heavy atom. The van der Waals surface area contributed by atoms with E-state index in [1.165, 1.54) is 62.6 Å². The number of aromatic nitrogens is 1. The number of hydrogen-bond donors (Lipinski definition) is 0. The Morgan fingerprint density at radius 3 is 2.29 bits per heavy atom. The van der Waals surface area contributed by atoms with Gasteiger partial charge in [0.2, 0.25) is 0 Å². The van der Waals surface area contributed by atoms with Crippen molar-refractivity contribution in [2.75, 3.05) is 0 Å².